The van der Waals surface area contributed by atoms with E-state index in [4.69, 9.17) is 5.73 Å². The van der Waals surface area contributed by atoms with Crippen LogP contribution in [0.2, 0.25) is 0 Å². The number of nitrogens with one attached hydrogen (secondary N) is 1. The highest BCUT2D eigenvalue weighted by Gasteiger charge is 2.49. The molecule has 1 aliphatic heterocycles. The maximum absolute atomic E-state index is 13.4. The summed E-state index contributed by atoms with van der Waals surface area (Å²) in [6, 6.07) is 6.33. The minimum atomic E-state index is -4.37. The molecular weight excluding hydrogens is 305 g/mol. The van der Waals surface area contributed by atoms with E-state index in [0.29, 0.717) is 0 Å². The van der Waals surface area contributed by atoms with E-state index in [0.717, 1.165) is 0 Å². The lowest BCUT2D eigenvalue weighted by Gasteiger charge is -2.39. The summed E-state index contributed by atoms with van der Waals surface area (Å²) in [5.74, 6) is -2.77. The zero-order valence-electron chi connectivity index (χ0n) is 11.4. The molecule has 0 radical (unpaired) electrons. The summed E-state index contributed by atoms with van der Waals surface area (Å²) in [5.41, 5.74) is 5.82. The molecule has 1 fully saturated rings. The van der Waals surface area contributed by atoms with Crippen LogP contribution >= 0.6 is 12.4 Å². The Morgan fingerprint density at radius 1 is 1.29 bits per heavy atom. The van der Waals surface area contributed by atoms with E-state index in [-0.39, 0.29) is 30.3 Å². The molecule has 1 aromatic rings. The third-order valence-corrected chi connectivity index (χ3v) is 3.81. The molecule has 3 N–H and O–H groups in total. The first-order chi connectivity index (χ1) is 9.30. The summed E-state index contributed by atoms with van der Waals surface area (Å²) in [4.78, 5) is 11.4. The number of rotatable bonds is 2. The van der Waals surface area contributed by atoms with Gasteiger partial charge in [-0.05, 0) is 24.8 Å². The van der Waals surface area contributed by atoms with Crippen molar-refractivity contribution in [1.82, 2.24) is 5.32 Å². The molecule has 7 heteroatoms. The van der Waals surface area contributed by atoms with Crippen LogP contribution in [0.5, 0.6) is 0 Å². The van der Waals surface area contributed by atoms with Gasteiger partial charge in [-0.3, -0.25) is 4.79 Å². The van der Waals surface area contributed by atoms with Crippen molar-refractivity contribution in [2.75, 3.05) is 0 Å². The summed E-state index contributed by atoms with van der Waals surface area (Å²) >= 11 is 0. The highest BCUT2D eigenvalue weighted by atomic mass is 35.5. The molecule has 2 rings (SSSR count). The van der Waals surface area contributed by atoms with Crippen molar-refractivity contribution in [3.8, 4) is 0 Å². The van der Waals surface area contributed by atoms with E-state index in [9.17, 15) is 18.0 Å². The molecule has 0 bridgehead atoms. The second kappa shape index (κ2) is 6.66. The summed E-state index contributed by atoms with van der Waals surface area (Å²) < 4.78 is 40.3. The number of carbonyl (C=O) groups excluding carboxylic acids is 1. The van der Waals surface area contributed by atoms with Crippen LogP contribution in [-0.2, 0) is 4.79 Å². The topological polar surface area (TPSA) is 55.1 Å². The number of hydrogen-bond donors (Lipinski definition) is 2. The van der Waals surface area contributed by atoms with Gasteiger partial charge in [-0.2, -0.15) is 13.2 Å². The highest BCUT2D eigenvalue weighted by molar-refractivity contribution is 5.85. The van der Waals surface area contributed by atoms with Crippen LogP contribution in [0.25, 0.3) is 0 Å². The van der Waals surface area contributed by atoms with Gasteiger partial charge in [0.05, 0.1) is 12.0 Å². The summed E-state index contributed by atoms with van der Waals surface area (Å²) in [6.45, 7) is 1.59. The first-order valence-electron chi connectivity index (χ1n) is 6.48. The van der Waals surface area contributed by atoms with E-state index < -0.39 is 30.1 Å². The van der Waals surface area contributed by atoms with Crippen LogP contribution in [0.1, 0.15) is 24.8 Å². The van der Waals surface area contributed by atoms with Crippen molar-refractivity contribution < 1.29 is 18.0 Å². The Balaban J connectivity index is 0.00000220. The van der Waals surface area contributed by atoms with Crippen LogP contribution in [-0.4, -0.2) is 24.2 Å². The first kappa shape index (κ1) is 17.8. The standard InChI is InChI=1S/C14H17F3N2O.ClH/c1-8-10(7-11(18)13(20)19-8)12(14(15,16)17)9-5-3-2-4-6-9;/h2-6,8,10-12H,7,18H2,1H3,(H,19,20);1H/t8-,10-,11+,12?;/m1./s1. The van der Waals surface area contributed by atoms with Gasteiger partial charge in [-0.25, -0.2) is 0 Å². The molecule has 0 saturated carbocycles. The molecule has 1 amide bonds. The predicted molar refractivity (Wildman–Crippen MR) is 76.2 cm³/mol. The largest absolute Gasteiger partial charge is 0.396 e. The monoisotopic (exact) mass is 322 g/mol. The van der Waals surface area contributed by atoms with Gasteiger partial charge < -0.3 is 11.1 Å². The Labute approximate surface area is 127 Å². The normalized spacial score (nSPS) is 27.5. The smallest absolute Gasteiger partial charge is 0.352 e. The Bertz CT molecular complexity index is 481. The van der Waals surface area contributed by atoms with Crippen LogP contribution in [0.3, 0.4) is 0 Å². The highest BCUT2D eigenvalue weighted by Crippen LogP contribution is 2.44. The van der Waals surface area contributed by atoms with Gasteiger partial charge >= 0.3 is 6.18 Å². The molecule has 118 valence electrons. The summed E-state index contributed by atoms with van der Waals surface area (Å²) in [7, 11) is 0. The number of benzene rings is 1. The Morgan fingerprint density at radius 2 is 1.86 bits per heavy atom. The summed E-state index contributed by atoms with van der Waals surface area (Å²) in [5, 5.41) is 2.54. The van der Waals surface area contributed by atoms with Crippen molar-refractivity contribution in [3.63, 3.8) is 0 Å². The lowest BCUT2D eigenvalue weighted by Crippen LogP contribution is -2.56. The van der Waals surface area contributed by atoms with Gasteiger partial charge in [0.15, 0.2) is 0 Å². The van der Waals surface area contributed by atoms with E-state index in [1.54, 1.807) is 25.1 Å². The molecule has 4 atom stereocenters. The lowest BCUT2D eigenvalue weighted by atomic mass is 9.75. The van der Waals surface area contributed by atoms with Crippen LogP contribution in [0.4, 0.5) is 13.2 Å². The fourth-order valence-electron chi connectivity index (χ4n) is 2.81. The number of hydrogen-bond acceptors (Lipinski definition) is 2. The van der Waals surface area contributed by atoms with E-state index in [1.807, 2.05) is 0 Å². The van der Waals surface area contributed by atoms with Gasteiger partial charge in [0.25, 0.3) is 0 Å². The molecule has 1 aliphatic rings. The number of amides is 1. The minimum Gasteiger partial charge on any atom is -0.352 e. The summed E-state index contributed by atoms with van der Waals surface area (Å²) in [6.07, 6.45) is -4.34. The lowest BCUT2D eigenvalue weighted by molar-refractivity contribution is -0.168. The average Bonchev–Trinajstić information content (AvgIpc) is 2.35. The number of halogens is 4. The molecule has 1 saturated heterocycles. The number of nitrogens with two attached hydrogens (primary N) is 1. The molecular formula is C14H18ClF3N2O. The van der Waals surface area contributed by atoms with Gasteiger partial charge in [-0.15, -0.1) is 12.4 Å². The number of carbonyl (C=O) groups is 1. The zero-order chi connectivity index (χ0) is 14.9. The third kappa shape index (κ3) is 3.89. The zero-order valence-corrected chi connectivity index (χ0v) is 12.2. The van der Waals surface area contributed by atoms with Crippen molar-refractivity contribution in [2.24, 2.45) is 11.7 Å². The van der Waals surface area contributed by atoms with Gasteiger partial charge in [-0.1, -0.05) is 30.3 Å². The molecule has 21 heavy (non-hydrogen) atoms. The van der Waals surface area contributed by atoms with E-state index >= 15 is 0 Å². The molecule has 1 unspecified atom stereocenters. The van der Waals surface area contributed by atoms with Gasteiger partial charge in [0.1, 0.15) is 0 Å². The van der Waals surface area contributed by atoms with E-state index in [1.165, 1.54) is 12.1 Å². The van der Waals surface area contributed by atoms with Crippen molar-refractivity contribution in [3.05, 3.63) is 35.9 Å². The number of alkyl halides is 3. The maximum Gasteiger partial charge on any atom is 0.396 e. The Hall–Kier alpha value is -1.27. The van der Waals surface area contributed by atoms with Crippen LogP contribution in [0.15, 0.2) is 30.3 Å². The fourth-order valence-corrected chi connectivity index (χ4v) is 2.81. The van der Waals surface area contributed by atoms with Crippen molar-refractivity contribution in [2.45, 2.75) is 37.5 Å². The molecule has 3 nitrogen and oxygen atoms in total. The first-order valence-corrected chi connectivity index (χ1v) is 6.48. The van der Waals surface area contributed by atoms with Gasteiger partial charge in [0.2, 0.25) is 5.91 Å². The van der Waals surface area contributed by atoms with Crippen LogP contribution in [0, 0.1) is 5.92 Å². The second-order valence-electron chi connectivity index (χ2n) is 5.23. The van der Waals surface area contributed by atoms with Gasteiger partial charge in [0, 0.05) is 6.04 Å². The number of piperidine rings is 1. The quantitative estimate of drug-likeness (QED) is 0.879. The fraction of sp³-hybridized carbons (Fsp3) is 0.500. The average molecular weight is 323 g/mol. The van der Waals surface area contributed by atoms with E-state index in [2.05, 4.69) is 5.32 Å². The molecule has 0 aromatic heterocycles. The molecule has 0 spiro atoms. The predicted octanol–water partition coefficient (Wildman–Crippen LogP) is 2.61. The molecule has 1 aromatic carbocycles. The minimum absolute atomic E-state index is 0. The second-order valence-corrected chi connectivity index (χ2v) is 5.23. The van der Waals surface area contributed by atoms with Crippen molar-refractivity contribution in [1.29, 1.82) is 0 Å². The Morgan fingerprint density at radius 3 is 2.38 bits per heavy atom. The SMILES string of the molecule is C[C@H]1NC(=O)[C@@H](N)C[C@H]1C(c1ccccc1)C(F)(F)F.Cl. The Kier molecular flexibility index (Phi) is 5.64. The third-order valence-electron chi connectivity index (χ3n) is 3.81. The molecule has 1 heterocycles. The molecule has 0 aliphatic carbocycles. The van der Waals surface area contributed by atoms with Crippen LogP contribution < -0.4 is 11.1 Å². The maximum atomic E-state index is 13.4. The van der Waals surface area contributed by atoms with Crippen molar-refractivity contribution >= 4 is 18.3 Å².